The van der Waals surface area contributed by atoms with Crippen LogP contribution in [0.4, 0.5) is 16.2 Å². The fraction of sp³-hybridized carbons (Fsp3) is 0.467. The van der Waals surface area contributed by atoms with Gasteiger partial charge in [0.25, 0.3) is 0 Å². The van der Waals surface area contributed by atoms with Gasteiger partial charge in [-0.3, -0.25) is 4.79 Å². The van der Waals surface area contributed by atoms with Gasteiger partial charge in [-0.05, 0) is 37.1 Å². The second kappa shape index (κ2) is 6.93. The summed E-state index contributed by atoms with van der Waals surface area (Å²) in [7, 11) is 0. The Morgan fingerprint density at radius 2 is 1.40 bits per heavy atom. The van der Waals surface area contributed by atoms with E-state index in [1.165, 1.54) is 19.8 Å². The molecule has 0 atom stereocenters. The number of rotatable bonds is 2. The molecule has 2 N–H and O–H groups in total. The van der Waals surface area contributed by atoms with Crippen molar-refractivity contribution >= 4 is 23.3 Å². The molecule has 1 aromatic carbocycles. The maximum absolute atomic E-state index is 12.1. The fourth-order valence-corrected chi connectivity index (χ4v) is 2.32. The molecule has 0 unspecified atom stereocenters. The molecular weight excluding hydrogens is 254 g/mol. The molecule has 5 heteroatoms. The highest BCUT2D eigenvalue weighted by Gasteiger charge is 2.15. The third kappa shape index (κ3) is 4.26. The zero-order valence-corrected chi connectivity index (χ0v) is 11.8. The van der Waals surface area contributed by atoms with Crippen molar-refractivity contribution in [2.75, 3.05) is 23.7 Å². The molecule has 1 aromatic rings. The Morgan fingerprint density at radius 1 is 0.900 bits per heavy atom. The van der Waals surface area contributed by atoms with Crippen LogP contribution in [0.25, 0.3) is 0 Å². The highest BCUT2D eigenvalue weighted by molar-refractivity contribution is 5.91. The third-order valence-corrected chi connectivity index (χ3v) is 3.35. The van der Waals surface area contributed by atoms with Gasteiger partial charge in [-0.1, -0.05) is 12.8 Å². The average Bonchev–Trinajstić information content (AvgIpc) is 2.69. The summed E-state index contributed by atoms with van der Waals surface area (Å²) in [6.07, 6.45) is 4.56. The zero-order valence-electron chi connectivity index (χ0n) is 11.8. The lowest BCUT2D eigenvalue weighted by Crippen LogP contribution is -2.35. The molecule has 1 fully saturated rings. The Labute approximate surface area is 119 Å². The first kappa shape index (κ1) is 14.4. The van der Waals surface area contributed by atoms with Crippen molar-refractivity contribution in [3.63, 3.8) is 0 Å². The molecule has 1 heterocycles. The number of nitrogens with one attached hydrogen (secondary N) is 2. The summed E-state index contributed by atoms with van der Waals surface area (Å²) in [5, 5.41) is 5.59. The molecule has 0 aromatic heterocycles. The average molecular weight is 275 g/mol. The predicted octanol–water partition coefficient (Wildman–Crippen LogP) is 3.05. The summed E-state index contributed by atoms with van der Waals surface area (Å²) in [4.78, 5) is 24.9. The second-order valence-electron chi connectivity index (χ2n) is 5.09. The molecule has 0 bridgehead atoms. The molecule has 1 aliphatic heterocycles. The van der Waals surface area contributed by atoms with Gasteiger partial charge in [0, 0.05) is 31.4 Å². The number of likely N-dealkylation sites (tertiary alicyclic amines) is 1. The molecule has 1 saturated heterocycles. The number of urea groups is 1. The van der Waals surface area contributed by atoms with Gasteiger partial charge >= 0.3 is 6.03 Å². The van der Waals surface area contributed by atoms with Crippen LogP contribution in [0.2, 0.25) is 0 Å². The van der Waals surface area contributed by atoms with E-state index in [9.17, 15) is 9.59 Å². The van der Waals surface area contributed by atoms with Crippen LogP contribution in [0, 0.1) is 0 Å². The number of benzene rings is 1. The Balaban J connectivity index is 1.91. The summed E-state index contributed by atoms with van der Waals surface area (Å²) in [5.41, 5.74) is 1.47. The van der Waals surface area contributed by atoms with E-state index < -0.39 is 0 Å². The number of anilines is 2. The number of carbonyl (C=O) groups excluding carboxylic acids is 2. The minimum atomic E-state index is -0.105. The number of carbonyl (C=O) groups is 2. The Kier molecular flexibility index (Phi) is 4.98. The summed E-state index contributed by atoms with van der Waals surface area (Å²) in [5.74, 6) is -0.105. The molecule has 3 amide bonds. The summed E-state index contributed by atoms with van der Waals surface area (Å²) < 4.78 is 0. The second-order valence-corrected chi connectivity index (χ2v) is 5.09. The highest BCUT2D eigenvalue weighted by Crippen LogP contribution is 2.15. The molecule has 0 radical (unpaired) electrons. The maximum atomic E-state index is 12.1. The van der Waals surface area contributed by atoms with Crippen molar-refractivity contribution in [2.24, 2.45) is 0 Å². The first-order chi connectivity index (χ1) is 9.65. The van der Waals surface area contributed by atoms with Crippen LogP contribution in [0.15, 0.2) is 24.3 Å². The van der Waals surface area contributed by atoms with E-state index in [2.05, 4.69) is 10.6 Å². The van der Waals surface area contributed by atoms with Crippen molar-refractivity contribution in [1.82, 2.24) is 4.90 Å². The smallest absolute Gasteiger partial charge is 0.321 e. The standard InChI is InChI=1S/C15H21N3O2/c1-12(19)16-13-6-8-14(9-7-13)17-15(20)18-10-4-2-3-5-11-18/h6-9H,2-5,10-11H2,1H3,(H,16,19)(H,17,20). The molecule has 0 aliphatic carbocycles. The van der Waals surface area contributed by atoms with Gasteiger partial charge in [0.2, 0.25) is 5.91 Å². The third-order valence-electron chi connectivity index (χ3n) is 3.35. The lowest BCUT2D eigenvalue weighted by atomic mass is 10.2. The molecule has 2 rings (SSSR count). The van der Waals surface area contributed by atoms with E-state index >= 15 is 0 Å². The van der Waals surface area contributed by atoms with Crippen molar-refractivity contribution in [3.8, 4) is 0 Å². The van der Waals surface area contributed by atoms with Gasteiger partial charge in [-0.15, -0.1) is 0 Å². The van der Waals surface area contributed by atoms with Crippen LogP contribution < -0.4 is 10.6 Å². The van der Waals surface area contributed by atoms with Gasteiger partial charge in [0.15, 0.2) is 0 Å². The lowest BCUT2D eigenvalue weighted by Gasteiger charge is -2.20. The van der Waals surface area contributed by atoms with Crippen molar-refractivity contribution in [1.29, 1.82) is 0 Å². The van der Waals surface area contributed by atoms with Gasteiger partial charge < -0.3 is 15.5 Å². The van der Waals surface area contributed by atoms with Crippen molar-refractivity contribution in [2.45, 2.75) is 32.6 Å². The van der Waals surface area contributed by atoms with Crippen LogP contribution in [0.1, 0.15) is 32.6 Å². The zero-order chi connectivity index (χ0) is 14.4. The van der Waals surface area contributed by atoms with E-state index in [-0.39, 0.29) is 11.9 Å². The predicted molar refractivity (Wildman–Crippen MR) is 79.8 cm³/mol. The summed E-state index contributed by atoms with van der Waals surface area (Å²) in [6.45, 7) is 3.13. The number of nitrogens with zero attached hydrogens (tertiary/aromatic N) is 1. The molecule has 1 aliphatic rings. The topological polar surface area (TPSA) is 61.4 Å². The SMILES string of the molecule is CC(=O)Nc1ccc(NC(=O)N2CCCCCC2)cc1. The number of amides is 3. The Bertz CT molecular complexity index is 463. The Hall–Kier alpha value is -2.04. The van der Waals surface area contributed by atoms with Crippen LogP contribution in [0.5, 0.6) is 0 Å². The van der Waals surface area contributed by atoms with E-state index in [0.29, 0.717) is 0 Å². The molecule has 108 valence electrons. The number of hydrogen-bond donors (Lipinski definition) is 2. The van der Waals surface area contributed by atoms with Gasteiger partial charge in [0.1, 0.15) is 0 Å². The fourth-order valence-electron chi connectivity index (χ4n) is 2.32. The van der Waals surface area contributed by atoms with Gasteiger partial charge in [0.05, 0.1) is 0 Å². The quantitative estimate of drug-likeness (QED) is 0.871. The highest BCUT2D eigenvalue weighted by atomic mass is 16.2. The molecule has 20 heavy (non-hydrogen) atoms. The molecule has 0 saturated carbocycles. The van der Waals surface area contributed by atoms with E-state index in [1.54, 1.807) is 24.3 Å². The monoisotopic (exact) mass is 275 g/mol. The van der Waals surface area contributed by atoms with E-state index in [1.807, 2.05) is 4.90 Å². The lowest BCUT2D eigenvalue weighted by molar-refractivity contribution is -0.114. The largest absolute Gasteiger partial charge is 0.326 e. The van der Waals surface area contributed by atoms with Gasteiger partial charge in [-0.25, -0.2) is 4.79 Å². The van der Waals surface area contributed by atoms with Gasteiger partial charge in [-0.2, -0.15) is 0 Å². The minimum Gasteiger partial charge on any atom is -0.326 e. The normalized spacial score (nSPS) is 15.3. The maximum Gasteiger partial charge on any atom is 0.321 e. The van der Waals surface area contributed by atoms with Crippen LogP contribution in [0.3, 0.4) is 0 Å². The van der Waals surface area contributed by atoms with Crippen LogP contribution in [-0.2, 0) is 4.79 Å². The van der Waals surface area contributed by atoms with Crippen LogP contribution in [-0.4, -0.2) is 29.9 Å². The summed E-state index contributed by atoms with van der Waals surface area (Å²) >= 11 is 0. The Morgan fingerprint density at radius 3 is 1.90 bits per heavy atom. The van der Waals surface area contributed by atoms with Crippen molar-refractivity contribution in [3.05, 3.63) is 24.3 Å². The van der Waals surface area contributed by atoms with E-state index in [4.69, 9.17) is 0 Å². The number of hydrogen-bond acceptors (Lipinski definition) is 2. The summed E-state index contributed by atoms with van der Waals surface area (Å²) in [6, 6.07) is 7.10. The van der Waals surface area contributed by atoms with Crippen LogP contribution >= 0.6 is 0 Å². The van der Waals surface area contributed by atoms with E-state index in [0.717, 1.165) is 37.3 Å². The first-order valence-electron chi connectivity index (χ1n) is 7.09. The first-order valence-corrected chi connectivity index (χ1v) is 7.09. The molecule has 0 spiro atoms. The molecular formula is C15H21N3O2. The minimum absolute atomic E-state index is 0.0424. The molecule has 5 nitrogen and oxygen atoms in total. The van der Waals surface area contributed by atoms with Crippen molar-refractivity contribution < 1.29 is 9.59 Å².